The molecule has 27 heavy (non-hydrogen) atoms. The summed E-state index contributed by atoms with van der Waals surface area (Å²) < 4.78 is 37.1. The summed E-state index contributed by atoms with van der Waals surface area (Å²) in [5, 5.41) is 3.93. The van der Waals surface area contributed by atoms with Gasteiger partial charge in [0.15, 0.2) is 0 Å². The third-order valence-corrected chi connectivity index (χ3v) is 5.36. The van der Waals surface area contributed by atoms with E-state index < -0.39 is 10.0 Å². The molecule has 0 unspecified atom stereocenters. The van der Waals surface area contributed by atoms with E-state index in [0.29, 0.717) is 24.6 Å². The number of hydrogen-bond acceptors (Lipinski definition) is 6. The van der Waals surface area contributed by atoms with Crippen molar-refractivity contribution in [2.24, 2.45) is 0 Å². The van der Waals surface area contributed by atoms with Crippen LogP contribution in [0, 0.1) is 0 Å². The van der Waals surface area contributed by atoms with E-state index in [1.165, 1.54) is 0 Å². The summed E-state index contributed by atoms with van der Waals surface area (Å²) >= 11 is 0. The highest BCUT2D eigenvalue weighted by Crippen LogP contribution is 2.19. The van der Waals surface area contributed by atoms with Crippen LogP contribution in [0.3, 0.4) is 0 Å². The number of nitrogens with zero attached hydrogens (tertiary/aromatic N) is 2. The van der Waals surface area contributed by atoms with E-state index in [1.807, 2.05) is 54.6 Å². The van der Waals surface area contributed by atoms with Gasteiger partial charge in [-0.15, -0.1) is 0 Å². The Hall–Kier alpha value is -2.71. The Morgan fingerprint density at radius 3 is 2.48 bits per heavy atom. The van der Waals surface area contributed by atoms with Crippen molar-refractivity contribution in [2.45, 2.75) is 12.8 Å². The quantitative estimate of drug-likeness (QED) is 0.606. The van der Waals surface area contributed by atoms with Crippen molar-refractivity contribution in [3.05, 3.63) is 66.1 Å². The normalized spacial score (nSPS) is 11.4. The number of nitrogens with one attached hydrogen (secondary N) is 1. The minimum absolute atomic E-state index is 0.0396. The average Bonchev–Trinajstić information content (AvgIpc) is 3.16. The number of aryl methyl sites for hydroxylation is 1. The maximum absolute atomic E-state index is 12.1. The number of sulfonamides is 1. The van der Waals surface area contributed by atoms with Crippen LogP contribution in [0.15, 0.2) is 59.1 Å². The van der Waals surface area contributed by atoms with Crippen LogP contribution in [0.4, 0.5) is 0 Å². The highest BCUT2D eigenvalue weighted by atomic mass is 32.2. The van der Waals surface area contributed by atoms with Crippen LogP contribution < -0.4 is 9.46 Å². The first-order chi connectivity index (χ1) is 13.1. The van der Waals surface area contributed by atoms with Gasteiger partial charge in [-0.2, -0.15) is 4.98 Å². The van der Waals surface area contributed by atoms with E-state index in [1.54, 1.807) is 7.11 Å². The fraction of sp³-hybridized carbons (Fsp3) is 0.263. The van der Waals surface area contributed by atoms with Gasteiger partial charge in [0.05, 0.1) is 12.9 Å². The molecular formula is C19H21N3O4S. The Labute approximate surface area is 158 Å². The van der Waals surface area contributed by atoms with Gasteiger partial charge in [-0.25, -0.2) is 13.1 Å². The second-order valence-electron chi connectivity index (χ2n) is 5.94. The van der Waals surface area contributed by atoms with Gasteiger partial charge in [-0.05, 0) is 36.2 Å². The van der Waals surface area contributed by atoms with Crippen molar-refractivity contribution >= 4 is 10.0 Å². The van der Waals surface area contributed by atoms with Gasteiger partial charge < -0.3 is 9.26 Å². The van der Waals surface area contributed by atoms with Crippen molar-refractivity contribution in [3.63, 3.8) is 0 Å². The maximum atomic E-state index is 12.1. The van der Waals surface area contributed by atoms with E-state index in [4.69, 9.17) is 9.26 Å². The minimum Gasteiger partial charge on any atom is -0.497 e. The summed E-state index contributed by atoms with van der Waals surface area (Å²) in [5.41, 5.74) is 1.79. The zero-order chi connectivity index (χ0) is 19.1. The Balaban J connectivity index is 1.49. The first-order valence-electron chi connectivity index (χ1n) is 8.54. The van der Waals surface area contributed by atoms with E-state index in [0.717, 1.165) is 16.9 Å². The monoisotopic (exact) mass is 387 g/mol. The summed E-state index contributed by atoms with van der Waals surface area (Å²) in [7, 11) is -1.76. The van der Waals surface area contributed by atoms with Gasteiger partial charge in [0, 0.05) is 18.5 Å². The van der Waals surface area contributed by atoms with E-state index in [2.05, 4.69) is 14.9 Å². The molecule has 0 fully saturated rings. The van der Waals surface area contributed by atoms with Crippen molar-refractivity contribution in [3.8, 4) is 17.1 Å². The van der Waals surface area contributed by atoms with Gasteiger partial charge >= 0.3 is 0 Å². The summed E-state index contributed by atoms with van der Waals surface area (Å²) in [5.74, 6) is 1.62. The van der Waals surface area contributed by atoms with Crippen molar-refractivity contribution in [1.82, 2.24) is 14.9 Å². The molecule has 0 amide bonds. The fourth-order valence-electron chi connectivity index (χ4n) is 2.50. The molecular weight excluding hydrogens is 366 g/mol. The van der Waals surface area contributed by atoms with Crippen LogP contribution in [-0.4, -0.2) is 38.0 Å². The Morgan fingerprint density at radius 1 is 1.04 bits per heavy atom. The molecule has 0 spiro atoms. The second kappa shape index (κ2) is 8.79. The molecule has 7 nitrogen and oxygen atoms in total. The topological polar surface area (TPSA) is 94.3 Å². The first kappa shape index (κ1) is 19.1. The third-order valence-electron chi connectivity index (χ3n) is 3.98. The second-order valence-corrected chi connectivity index (χ2v) is 7.87. The minimum atomic E-state index is -3.36. The zero-order valence-electron chi connectivity index (χ0n) is 15.0. The summed E-state index contributed by atoms with van der Waals surface area (Å²) in [4.78, 5) is 4.30. The predicted octanol–water partition coefficient (Wildman–Crippen LogP) is 2.45. The van der Waals surface area contributed by atoms with E-state index >= 15 is 0 Å². The standard InChI is InChI=1S/C19H21N3O4S/c1-25-17-9-7-16(8-10-17)19-21-18(26-22-19)11-13-20-27(23,24)14-12-15-5-3-2-4-6-15/h2-10,20H,11-14H2,1H3. The predicted molar refractivity (Wildman–Crippen MR) is 102 cm³/mol. The SMILES string of the molecule is COc1ccc(-c2noc(CCNS(=O)(=O)CCc3ccccc3)n2)cc1. The van der Waals surface area contributed by atoms with Crippen LogP contribution >= 0.6 is 0 Å². The molecule has 0 atom stereocenters. The van der Waals surface area contributed by atoms with Gasteiger partial charge in [0.1, 0.15) is 5.75 Å². The number of benzene rings is 2. The lowest BCUT2D eigenvalue weighted by molar-refractivity contribution is 0.379. The Morgan fingerprint density at radius 2 is 1.78 bits per heavy atom. The van der Waals surface area contributed by atoms with Crippen molar-refractivity contribution < 1.29 is 17.7 Å². The van der Waals surface area contributed by atoms with Gasteiger partial charge in [0.25, 0.3) is 0 Å². The molecule has 0 saturated carbocycles. The molecule has 0 radical (unpaired) electrons. The van der Waals surface area contributed by atoms with Crippen LogP contribution in [-0.2, 0) is 22.9 Å². The lowest BCUT2D eigenvalue weighted by Crippen LogP contribution is -2.29. The number of methoxy groups -OCH3 is 1. The third kappa shape index (κ3) is 5.63. The van der Waals surface area contributed by atoms with Gasteiger partial charge in [0.2, 0.25) is 21.7 Å². The molecule has 3 rings (SSSR count). The van der Waals surface area contributed by atoms with Crippen LogP contribution in [0.1, 0.15) is 11.5 Å². The molecule has 0 aliphatic heterocycles. The Kier molecular flexibility index (Phi) is 6.20. The molecule has 0 aliphatic carbocycles. The van der Waals surface area contributed by atoms with Gasteiger partial charge in [-0.3, -0.25) is 0 Å². The molecule has 0 bridgehead atoms. The molecule has 142 valence electrons. The summed E-state index contributed by atoms with van der Waals surface area (Å²) in [6.45, 7) is 0.210. The molecule has 1 aromatic heterocycles. The molecule has 0 saturated heterocycles. The smallest absolute Gasteiger partial charge is 0.228 e. The largest absolute Gasteiger partial charge is 0.497 e. The van der Waals surface area contributed by atoms with E-state index in [9.17, 15) is 8.42 Å². The van der Waals surface area contributed by atoms with Gasteiger partial charge in [-0.1, -0.05) is 35.5 Å². The van der Waals surface area contributed by atoms with E-state index in [-0.39, 0.29) is 12.3 Å². The lowest BCUT2D eigenvalue weighted by Gasteiger charge is -2.05. The number of hydrogen-bond donors (Lipinski definition) is 1. The number of aromatic nitrogens is 2. The fourth-order valence-corrected chi connectivity index (χ4v) is 3.56. The Bertz CT molecular complexity index is 954. The number of rotatable bonds is 9. The van der Waals surface area contributed by atoms with Crippen LogP contribution in [0.5, 0.6) is 5.75 Å². The molecule has 0 aliphatic rings. The summed E-state index contributed by atoms with van der Waals surface area (Å²) in [6, 6.07) is 16.8. The van der Waals surface area contributed by atoms with Crippen LogP contribution in [0.2, 0.25) is 0 Å². The molecule has 8 heteroatoms. The first-order valence-corrected chi connectivity index (χ1v) is 10.2. The molecule has 1 N–H and O–H groups in total. The molecule has 3 aromatic rings. The molecule has 1 heterocycles. The average molecular weight is 387 g/mol. The van der Waals surface area contributed by atoms with Crippen molar-refractivity contribution in [1.29, 1.82) is 0 Å². The zero-order valence-corrected chi connectivity index (χ0v) is 15.8. The maximum Gasteiger partial charge on any atom is 0.228 e. The molecule has 2 aromatic carbocycles. The highest BCUT2D eigenvalue weighted by Gasteiger charge is 2.12. The summed E-state index contributed by atoms with van der Waals surface area (Å²) in [6.07, 6.45) is 0.798. The van der Waals surface area contributed by atoms with Crippen LogP contribution in [0.25, 0.3) is 11.4 Å². The lowest BCUT2D eigenvalue weighted by atomic mass is 10.2. The number of ether oxygens (including phenoxy) is 1. The van der Waals surface area contributed by atoms with Crippen molar-refractivity contribution in [2.75, 3.05) is 19.4 Å². The highest BCUT2D eigenvalue weighted by molar-refractivity contribution is 7.89.